The molecule has 0 saturated heterocycles. The van der Waals surface area contributed by atoms with Crippen molar-refractivity contribution in [2.24, 2.45) is 0 Å². The molecular weight excluding hydrogens is 353 g/mol. The van der Waals surface area contributed by atoms with Crippen LogP contribution < -0.4 is 0 Å². The zero-order chi connectivity index (χ0) is 15.8. The van der Waals surface area contributed by atoms with Crippen molar-refractivity contribution >= 4 is 21.9 Å². The number of aromatic hydroxyl groups is 1. The van der Waals surface area contributed by atoms with Gasteiger partial charge < -0.3 is 10.2 Å². The van der Waals surface area contributed by atoms with Crippen LogP contribution in [0.3, 0.4) is 0 Å². The van der Waals surface area contributed by atoms with Crippen molar-refractivity contribution < 1.29 is 28.2 Å². The first-order valence-electron chi connectivity index (χ1n) is 5.63. The SMILES string of the molecule is O=C(O)c1cc(-c2ccc(C(F)(F)F)cc2)cc(Br)c1O. The number of phenols is 1. The lowest BCUT2D eigenvalue weighted by Crippen LogP contribution is -2.04. The first-order chi connectivity index (χ1) is 9.70. The predicted molar refractivity (Wildman–Crippen MR) is 73.2 cm³/mol. The van der Waals surface area contributed by atoms with E-state index in [0.717, 1.165) is 12.1 Å². The standard InChI is InChI=1S/C14H8BrF3O3/c15-11-6-8(5-10(12(11)19)13(20)21)7-1-3-9(4-2-7)14(16,17)18/h1-6,19H,(H,20,21). The molecule has 0 saturated carbocycles. The van der Waals surface area contributed by atoms with Gasteiger partial charge in [-0.2, -0.15) is 13.2 Å². The smallest absolute Gasteiger partial charge is 0.416 e. The summed E-state index contributed by atoms with van der Waals surface area (Å²) >= 11 is 3.02. The fourth-order valence-electron chi connectivity index (χ4n) is 1.78. The summed E-state index contributed by atoms with van der Waals surface area (Å²) in [5.74, 6) is -1.76. The molecule has 0 spiro atoms. The van der Waals surface area contributed by atoms with Gasteiger partial charge in [-0.3, -0.25) is 0 Å². The van der Waals surface area contributed by atoms with Gasteiger partial charge in [-0.25, -0.2) is 4.79 Å². The number of rotatable bonds is 2. The quantitative estimate of drug-likeness (QED) is 0.826. The summed E-state index contributed by atoms with van der Waals surface area (Å²) < 4.78 is 37.6. The van der Waals surface area contributed by atoms with Crippen molar-refractivity contribution in [2.75, 3.05) is 0 Å². The average molecular weight is 361 g/mol. The van der Waals surface area contributed by atoms with Gasteiger partial charge in [-0.1, -0.05) is 12.1 Å². The minimum Gasteiger partial charge on any atom is -0.506 e. The number of benzene rings is 2. The van der Waals surface area contributed by atoms with Gasteiger partial charge >= 0.3 is 12.1 Å². The predicted octanol–water partition coefficient (Wildman–Crippen LogP) is 4.54. The molecule has 3 nitrogen and oxygen atoms in total. The number of hydrogen-bond acceptors (Lipinski definition) is 2. The molecule has 2 aromatic rings. The van der Waals surface area contributed by atoms with E-state index in [1.165, 1.54) is 24.3 Å². The zero-order valence-electron chi connectivity index (χ0n) is 10.3. The van der Waals surface area contributed by atoms with E-state index in [1.807, 2.05) is 0 Å². The van der Waals surface area contributed by atoms with Crippen LogP contribution in [0.2, 0.25) is 0 Å². The van der Waals surface area contributed by atoms with Crippen LogP contribution in [-0.2, 0) is 6.18 Å². The van der Waals surface area contributed by atoms with Crippen LogP contribution in [0.1, 0.15) is 15.9 Å². The summed E-state index contributed by atoms with van der Waals surface area (Å²) in [6, 6.07) is 6.95. The third kappa shape index (κ3) is 3.18. The highest BCUT2D eigenvalue weighted by atomic mass is 79.9. The Balaban J connectivity index is 2.50. The summed E-state index contributed by atoms with van der Waals surface area (Å²) in [6.45, 7) is 0. The molecule has 0 aliphatic heterocycles. The minimum absolute atomic E-state index is 0.150. The Morgan fingerprint density at radius 2 is 1.62 bits per heavy atom. The highest BCUT2D eigenvalue weighted by Gasteiger charge is 2.30. The number of aromatic carboxylic acids is 1. The average Bonchev–Trinajstić information content (AvgIpc) is 2.40. The van der Waals surface area contributed by atoms with Gasteiger partial charge in [-0.15, -0.1) is 0 Å². The van der Waals surface area contributed by atoms with E-state index in [4.69, 9.17) is 5.11 Å². The molecule has 21 heavy (non-hydrogen) atoms. The van der Waals surface area contributed by atoms with Crippen molar-refractivity contribution in [1.82, 2.24) is 0 Å². The van der Waals surface area contributed by atoms with Gasteiger partial charge in [0.15, 0.2) is 0 Å². The van der Waals surface area contributed by atoms with E-state index in [1.54, 1.807) is 0 Å². The van der Waals surface area contributed by atoms with Crippen LogP contribution in [-0.4, -0.2) is 16.2 Å². The Bertz CT molecular complexity index is 694. The second-order valence-electron chi connectivity index (χ2n) is 4.23. The van der Waals surface area contributed by atoms with Crippen LogP contribution in [0.5, 0.6) is 5.75 Å². The van der Waals surface area contributed by atoms with Crippen LogP contribution in [0.4, 0.5) is 13.2 Å². The van der Waals surface area contributed by atoms with Crippen LogP contribution in [0, 0.1) is 0 Å². The molecule has 0 heterocycles. The Hall–Kier alpha value is -2.02. The van der Waals surface area contributed by atoms with E-state index < -0.39 is 23.5 Å². The molecule has 0 aromatic heterocycles. The van der Waals surface area contributed by atoms with Crippen LogP contribution in [0.15, 0.2) is 40.9 Å². The Morgan fingerprint density at radius 1 is 1.05 bits per heavy atom. The Labute approximate surface area is 125 Å². The third-order valence-electron chi connectivity index (χ3n) is 2.84. The Morgan fingerprint density at radius 3 is 2.10 bits per heavy atom. The van der Waals surface area contributed by atoms with E-state index in [0.29, 0.717) is 11.1 Å². The van der Waals surface area contributed by atoms with Gasteiger partial charge in [0.25, 0.3) is 0 Å². The summed E-state index contributed by atoms with van der Waals surface area (Å²) in [6.07, 6.45) is -4.43. The van der Waals surface area contributed by atoms with Gasteiger partial charge in [0.2, 0.25) is 0 Å². The highest BCUT2D eigenvalue weighted by molar-refractivity contribution is 9.10. The number of halogens is 4. The van der Waals surface area contributed by atoms with Crippen molar-refractivity contribution in [2.45, 2.75) is 6.18 Å². The number of carbonyl (C=O) groups is 1. The molecule has 2 aromatic carbocycles. The third-order valence-corrected chi connectivity index (χ3v) is 3.44. The van der Waals surface area contributed by atoms with E-state index in [-0.39, 0.29) is 10.0 Å². The van der Waals surface area contributed by atoms with Gasteiger partial charge in [0, 0.05) is 0 Å². The van der Waals surface area contributed by atoms with Gasteiger partial charge in [-0.05, 0) is 51.3 Å². The molecule has 7 heteroatoms. The second kappa shape index (κ2) is 5.40. The lowest BCUT2D eigenvalue weighted by Gasteiger charge is -2.10. The van der Waals surface area contributed by atoms with Gasteiger partial charge in [0.1, 0.15) is 11.3 Å². The lowest BCUT2D eigenvalue weighted by atomic mass is 10.0. The highest BCUT2D eigenvalue weighted by Crippen LogP contribution is 2.35. The molecule has 0 atom stereocenters. The minimum atomic E-state index is -4.43. The second-order valence-corrected chi connectivity index (χ2v) is 5.09. The van der Waals surface area contributed by atoms with Crippen LogP contribution >= 0.6 is 15.9 Å². The maximum Gasteiger partial charge on any atom is 0.416 e. The fourth-order valence-corrected chi connectivity index (χ4v) is 2.24. The van der Waals surface area contributed by atoms with Crippen molar-refractivity contribution in [3.8, 4) is 16.9 Å². The molecule has 0 aliphatic rings. The molecule has 0 aliphatic carbocycles. The molecular formula is C14H8BrF3O3. The lowest BCUT2D eigenvalue weighted by molar-refractivity contribution is -0.137. The number of hydrogen-bond donors (Lipinski definition) is 2. The molecule has 0 bridgehead atoms. The maximum atomic E-state index is 12.5. The van der Waals surface area contributed by atoms with Gasteiger partial charge in [0.05, 0.1) is 10.0 Å². The van der Waals surface area contributed by atoms with Crippen molar-refractivity contribution in [1.29, 1.82) is 0 Å². The van der Waals surface area contributed by atoms with E-state index >= 15 is 0 Å². The molecule has 2 rings (SSSR count). The largest absolute Gasteiger partial charge is 0.506 e. The molecule has 0 radical (unpaired) electrons. The van der Waals surface area contributed by atoms with E-state index in [9.17, 15) is 23.1 Å². The molecule has 0 amide bonds. The fraction of sp³-hybridized carbons (Fsp3) is 0.0714. The Kier molecular flexibility index (Phi) is 3.95. The number of carboxylic acid groups (broad SMARTS) is 1. The summed E-state index contributed by atoms with van der Waals surface area (Å²) in [5, 5.41) is 18.6. The summed E-state index contributed by atoms with van der Waals surface area (Å²) in [4.78, 5) is 11.0. The van der Waals surface area contributed by atoms with Crippen LogP contribution in [0.25, 0.3) is 11.1 Å². The molecule has 0 fully saturated rings. The molecule has 0 unspecified atom stereocenters. The van der Waals surface area contributed by atoms with Crippen molar-refractivity contribution in [3.63, 3.8) is 0 Å². The summed E-state index contributed by atoms with van der Waals surface area (Å²) in [7, 11) is 0. The first-order valence-corrected chi connectivity index (χ1v) is 6.43. The topological polar surface area (TPSA) is 57.5 Å². The van der Waals surface area contributed by atoms with E-state index in [2.05, 4.69) is 15.9 Å². The number of alkyl halides is 3. The molecule has 110 valence electrons. The van der Waals surface area contributed by atoms with Crippen molar-refractivity contribution in [3.05, 3.63) is 52.0 Å². The maximum absolute atomic E-state index is 12.5. The monoisotopic (exact) mass is 360 g/mol. The first kappa shape index (κ1) is 15.4. The number of carboxylic acids is 1. The molecule has 2 N–H and O–H groups in total. The summed E-state index contributed by atoms with van der Waals surface area (Å²) in [5.41, 5.74) is -0.334. The zero-order valence-corrected chi connectivity index (χ0v) is 11.9. The normalized spacial score (nSPS) is 11.4.